The molecule has 3 nitrogen and oxygen atoms in total. The summed E-state index contributed by atoms with van der Waals surface area (Å²) in [4.78, 5) is 2.52. The number of aromatic nitrogens is 2. The van der Waals surface area contributed by atoms with Crippen LogP contribution < -0.4 is 0 Å². The van der Waals surface area contributed by atoms with Gasteiger partial charge in [-0.1, -0.05) is 12.8 Å². The Bertz CT molecular complexity index is 337. The van der Waals surface area contributed by atoms with Gasteiger partial charge in [0, 0.05) is 36.8 Å². The Balaban J connectivity index is 1.99. The van der Waals surface area contributed by atoms with Gasteiger partial charge in [0.15, 0.2) is 0 Å². The van der Waals surface area contributed by atoms with Crippen LogP contribution >= 0.6 is 11.6 Å². The SMILES string of the molecule is CCn1cc(CN2CCCCCC2CCl)cn1. The summed E-state index contributed by atoms with van der Waals surface area (Å²) < 4.78 is 1.99. The zero-order chi connectivity index (χ0) is 12.1. The van der Waals surface area contributed by atoms with Crippen LogP contribution in [0.1, 0.15) is 38.2 Å². The first-order chi connectivity index (χ1) is 8.33. The molecule has 2 rings (SSSR count). The van der Waals surface area contributed by atoms with Gasteiger partial charge >= 0.3 is 0 Å². The minimum atomic E-state index is 0.546. The van der Waals surface area contributed by atoms with Crippen LogP contribution in [0.3, 0.4) is 0 Å². The molecular formula is C13H22ClN3. The van der Waals surface area contributed by atoms with Gasteiger partial charge in [-0.25, -0.2) is 0 Å². The molecule has 0 bridgehead atoms. The van der Waals surface area contributed by atoms with Crippen molar-refractivity contribution in [3.63, 3.8) is 0 Å². The number of hydrogen-bond donors (Lipinski definition) is 0. The van der Waals surface area contributed by atoms with Crippen LogP contribution in [0.5, 0.6) is 0 Å². The second kappa shape index (κ2) is 6.41. The molecule has 1 aromatic heterocycles. The van der Waals surface area contributed by atoms with Crippen molar-refractivity contribution >= 4 is 11.6 Å². The summed E-state index contributed by atoms with van der Waals surface area (Å²) in [5.41, 5.74) is 1.31. The number of likely N-dealkylation sites (tertiary alicyclic amines) is 1. The smallest absolute Gasteiger partial charge is 0.0534 e. The van der Waals surface area contributed by atoms with Crippen LogP contribution in [0.15, 0.2) is 12.4 Å². The summed E-state index contributed by atoms with van der Waals surface area (Å²) >= 11 is 6.08. The molecule has 2 heterocycles. The number of nitrogens with zero attached hydrogens (tertiary/aromatic N) is 3. The first-order valence-corrected chi connectivity index (χ1v) is 7.18. The molecule has 17 heavy (non-hydrogen) atoms. The van der Waals surface area contributed by atoms with Gasteiger partial charge in [0.05, 0.1) is 6.20 Å². The van der Waals surface area contributed by atoms with E-state index >= 15 is 0 Å². The molecule has 0 spiro atoms. The van der Waals surface area contributed by atoms with E-state index in [0.717, 1.165) is 19.0 Å². The van der Waals surface area contributed by atoms with Crippen molar-refractivity contribution in [2.24, 2.45) is 0 Å². The number of rotatable bonds is 4. The highest BCUT2D eigenvalue weighted by molar-refractivity contribution is 6.18. The second-order valence-electron chi connectivity index (χ2n) is 4.83. The molecule has 1 aliphatic heterocycles. The monoisotopic (exact) mass is 255 g/mol. The van der Waals surface area contributed by atoms with Crippen molar-refractivity contribution < 1.29 is 0 Å². The lowest BCUT2D eigenvalue weighted by Gasteiger charge is -2.27. The lowest BCUT2D eigenvalue weighted by molar-refractivity contribution is 0.207. The fourth-order valence-corrected chi connectivity index (χ4v) is 2.86. The molecule has 96 valence electrons. The topological polar surface area (TPSA) is 21.1 Å². The Kier molecular flexibility index (Phi) is 4.86. The second-order valence-corrected chi connectivity index (χ2v) is 5.14. The van der Waals surface area contributed by atoms with E-state index in [1.165, 1.54) is 37.8 Å². The Morgan fingerprint density at radius 2 is 2.29 bits per heavy atom. The van der Waals surface area contributed by atoms with Crippen LogP contribution in [0.25, 0.3) is 0 Å². The van der Waals surface area contributed by atoms with E-state index in [9.17, 15) is 0 Å². The molecule has 1 aliphatic rings. The summed E-state index contributed by atoms with van der Waals surface area (Å²) in [5, 5.41) is 4.33. The highest BCUT2D eigenvalue weighted by Crippen LogP contribution is 2.20. The van der Waals surface area contributed by atoms with Gasteiger partial charge in [0.25, 0.3) is 0 Å². The predicted molar refractivity (Wildman–Crippen MR) is 71.3 cm³/mol. The number of aryl methyl sites for hydroxylation is 1. The van der Waals surface area contributed by atoms with Crippen LogP contribution in [0.2, 0.25) is 0 Å². The van der Waals surface area contributed by atoms with Gasteiger partial charge in [0.2, 0.25) is 0 Å². The van der Waals surface area contributed by atoms with E-state index in [2.05, 4.69) is 23.1 Å². The van der Waals surface area contributed by atoms with E-state index < -0.39 is 0 Å². The first kappa shape index (κ1) is 12.9. The zero-order valence-corrected chi connectivity index (χ0v) is 11.4. The van der Waals surface area contributed by atoms with E-state index in [1.54, 1.807) is 0 Å². The number of halogens is 1. The van der Waals surface area contributed by atoms with E-state index in [0.29, 0.717) is 6.04 Å². The van der Waals surface area contributed by atoms with E-state index in [-0.39, 0.29) is 0 Å². The number of hydrogen-bond acceptors (Lipinski definition) is 2. The molecule has 1 saturated heterocycles. The van der Waals surface area contributed by atoms with Crippen molar-refractivity contribution in [1.29, 1.82) is 0 Å². The number of alkyl halides is 1. The maximum atomic E-state index is 6.08. The lowest BCUT2D eigenvalue weighted by atomic mass is 10.1. The molecule has 4 heteroatoms. The third-order valence-corrected chi connectivity index (χ3v) is 3.93. The Labute approximate surface area is 109 Å². The Morgan fingerprint density at radius 1 is 1.41 bits per heavy atom. The molecule has 1 fully saturated rings. The quantitative estimate of drug-likeness (QED) is 0.772. The Hall–Kier alpha value is -0.540. The molecule has 1 unspecified atom stereocenters. The first-order valence-electron chi connectivity index (χ1n) is 6.65. The van der Waals surface area contributed by atoms with Crippen molar-refractivity contribution in [1.82, 2.24) is 14.7 Å². The molecule has 0 aliphatic carbocycles. The average Bonchev–Trinajstić information content (AvgIpc) is 2.68. The normalized spacial score (nSPS) is 22.6. The molecule has 0 radical (unpaired) electrons. The highest BCUT2D eigenvalue weighted by Gasteiger charge is 2.20. The molecule has 0 amide bonds. The minimum absolute atomic E-state index is 0.546. The predicted octanol–water partition coefficient (Wildman–Crippen LogP) is 2.89. The summed E-state index contributed by atoms with van der Waals surface area (Å²) in [7, 11) is 0. The third kappa shape index (κ3) is 3.46. The van der Waals surface area contributed by atoms with Crippen molar-refractivity contribution in [3.8, 4) is 0 Å². The summed E-state index contributed by atoms with van der Waals surface area (Å²) in [5.74, 6) is 0.752. The van der Waals surface area contributed by atoms with Crippen molar-refractivity contribution in [3.05, 3.63) is 18.0 Å². The Morgan fingerprint density at radius 3 is 3.00 bits per heavy atom. The third-order valence-electron chi connectivity index (χ3n) is 3.57. The average molecular weight is 256 g/mol. The molecular weight excluding hydrogens is 234 g/mol. The molecule has 0 saturated carbocycles. The van der Waals surface area contributed by atoms with Crippen LogP contribution in [0.4, 0.5) is 0 Å². The highest BCUT2D eigenvalue weighted by atomic mass is 35.5. The summed E-state index contributed by atoms with van der Waals surface area (Å²) in [6, 6.07) is 0.546. The minimum Gasteiger partial charge on any atom is -0.295 e. The van der Waals surface area contributed by atoms with Crippen molar-refractivity contribution in [2.45, 2.75) is 51.7 Å². The van der Waals surface area contributed by atoms with Gasteiger partial charge in [-0.3, -0.25) is 9.58 Å². The fourth-order valence-electron chi connectivity index (χ4n) is 2.52. The van der Waals surface area contributed by atoms with Crippen LogP contribution in [-0.2, 0) is 13.1 Å². The van der Waals surface area contributed by atoms with Crippen molar-refractivity contribution in [2.75, 3.05) is 12.4 Å². The van der Waals surface area contributed by atoms with Crippen LogP contribution in [-0.4, -0.2) is 33.1 Å². The van der Waals surface area contributed by atoms with Gasteiger partial charge in [0.1, 0.15) is 0 Å². The maximum Gasteiger partial charge on any atom is 0.0534 e. The van der Waals surface area contributed by atoms with Crippen LogP contribution in [0, 0.1) is 0 Å². The van der Waals surface area contributed by atoms with Gasteiger partial charge in [-0.2, -0.15) is 5.10 Å². The molecule has 1 aromatic rings. The maximum absolute atomic E-state index is 6.08. The fraction of sp³-hybridized carbons (Fsp3) is 0.769. The summed E-state index contributed by atoms with van der Waals surface area (Å²) in [6.07, 6.45) is 9.34. The summed E-state index contributed by atoms with van der Waals surface area (Å²) in [6.45, 7) is 5.23. The van der Waals surface area contributed by atoms with Gasteiger partial charge < -0.3 is 0 Å². The molecule has 0 aromatic carbocycles. The molecule has 1 atom stereocenters. The van der Waals surface area contributed by atoms with Gasteiger partial charge in [-0.05, 0) is 26.3 Å². The largest absolute Gasteiger partial charge is 0.295 e. The molecule has 0 N–H and O–H groups in total. The lowest BCUT2D eigenvalue weighted by Crippen LogP contribution is -2.35. The van der Waals surface area contributed by atoms with E-state index in [1.807, 2.05) is 10.9 Å². The van der Waals surface area contributed by atoms with E-state index in [4.69, 9.17) is 11.6 Å². The standard InChI is InChI=1S/C13H22ClN3/c1-2-17-11-12(9-15-17)10-16-7-5-3-4-6-13(16)8-14/h9,11,13H,2-8,10H2,1H3. The van der Waals surface area contributed by atoms with Gasteiger partial charge in [-0.15, -0.1) is 11.6 Å². The zero-order valence-electron chi connectivity index (χ0n) is 10.6.